The fourth-order valence-electron chi connectivity index (χ4n) is 3.38. The van der Waals surface area contributed by atoms with Gasteiger partial charge >= 0.3 is 5.97 Å². The molecule has 0 unspecified atom stereocenters. The lowest BCUT2D eigenvalue weighted by atomic mass is 10.1. The third-order valence-electron chi connectivity index (χ3n) is 5.15. The number of esters is 1. The Hall–Kier alpha value is -3.68. The highest BCUT2D eigenvalue weighted by Gasteiger charge is 2.22. The number of aromatic nitrogens is 2. The Morgan fingerprint density at radius 1 is 1.06 bits per heavy atom. The molecule has 4 rings (SSSR count). The third kappa shape index (κ3) is 4.58. The quantitative estimate of drug-likeness (QED) is 0.551. The number of anilines is 1. The number of ether oxygens (including phenoxy) is 2. The minimum absolute atomic E-state index is 0.110. The number of benzene rings is 2. The molecule has 1 atom stereocenters. The van der Waals surface area contributed by atoms with E-state index in [-0.39, 0.29) is 11.8 Å². The molecule has 31 heavy (non-hydrogen) atoms. The SMILES string of the molecule is COc1ccc(-c2nnc([C@H](C)OC(=O)c3ccc(N4CCCCC4=O)cc3)o2)cc1. The minimum Gasteiger partial charge on any atom is -0.497 e. The first kappa shape index (κ1) is 20.6. The standard InChI is InChI=1S/C23H23N3O5/c1-15(21-24-25-22(31-21)16-8-12-19(29-2)13-9-16)30-23(28)17-6-10-18(11-7-17)26-14-4-3-5-20(26)27/h6-13,15H,3-5,14H2,1-2H3/t15-/m0/s1. The second-order valence-corrected chi connectivity index (χ2v) is 7.27. The fraction of sp³-hybridized carbons (Fsp3) is 0.304. The van der Waals surface area contributed by atoms with Crippen molar-refractivity contribution in [2.24, 2.45) is 0 Å². The first-order valence-corrected chi connectivity index (χ1v) is 10.1. The Morgan fingerprint density at radius 3 is 2.48 bits per heavy atom. The van der Waals surface area contributed by atoms with E-state index < -0.39 is 12.1 Å². The van der Waals surface area contributed by atoms with Crippen LogP contribution < -0.4 is 9.64 Å². The van der Waals surface area contributed by atoms with Gasteiger partial charge in [0.25, 0.3) is 5.89 Å². The minimum atomic E-state index is -0.713. The molecule has 0 saturated carbocycles. The number of piperidine rings is 1. The predicted octanol–water partition coefficient (Wildman–Crippen LogP) is 4.18. The average molecular weight is 421 g/mol. The van der Waals surface area contributed by atoms with E-state index in [9.17, 15) is 9.59 Å². The molecule has 3 aromatic rings. The number of carbonyl (C=O) groups excluding carboxylic acids is 2. The fourth-order valence-corrected chi connectivity index (χ4v) is 3.38. The zero-order valence-electron chi connectivity index (χ0n) is 17.4. The zero-order valence-corrected chi connectivity index (χ0v) is 17.4. The Labute approximate surface area is 179 Å². The van der Waals surface area contributed by atoms with E-state index in [1.54, 1.807) is 67.5 Å². The van der Waals surface area contributed by atoms with Gasteiger partial charge in [-0.15, -0.1) is 10.2 Å². The summed E-state index contributed by atoms with van der Waals surface area (Å²) >= 11 is 0. The number of nitrogens with zero attached hydrogens (tertiary/aromatic N) is 3. The molecule has 0 radical (unpaired) electrons. The van der Waals surface area contributed by atoms with Crippen LogP contribution in [0.5, 0.6) is 5.75 Å². The topological polar surface area (TPSA) is 94.8 Å². The van der Waals surface area contributed by atoms with Gasteiger partial charge in [0.2, 0.25) is 11.8 Å². The van der Waals surface area contributed by atoms with Crippen LogP contribution in [0.15, 0.2) is 52.9 Å². The van der Waals surface area contributed by atoms with E-state index in [4.69, 9.17) is 13.9 Å². The van der Waals surface area contributed by atoms with Crippen molar-refractivity contribution in [3.8, 4) is 17.2 Å². The van der Waals surface area contributed by atoms with Crippen molar-refractivity contribution >= 4 is 17.6 Å². The monoisotopic (exact) mass is 421 g/mol. The number of hydrogen-bond acceptors (Lipinski definition) is 7. The molecule has 1 amide bonds. The first-order valence-electron chi connectivity index (χ1n) is 10.1. The van der Waals surface area contributed by atoms with E-state index in [1.165, 1.54) is 0 Å². The number of rotatable bonds is 6. The lowest BCUT2D eigenvalue weighted by molar-refractivity contribution is -0.119. The van der Waals surface area contributed by atoms with Gasteiger partial charge in [-0.05, 0) is 68.3 Å². The smallest absolute Gasteiger partial charge is 0.338 e. The maximum Gasteiger partial charge on any atom is 0.338 e. The molecular weight excluding hydrogens is 398 g/mol. The largest absolute Gasteiger partial charge is 0.497 e. The lowest BCUT2D eigenvalue weighted by Gasteiger charge is -2.26. The average Bonchev–Trinajstić information content (AvgIpc) is 3.30. The lowest BCUT2D eigenvalue weighted by Crippen LogP contribution is -2.35. The van der Waals surface area contributed by atoms with Crippen molar-refractivity contribution in [3.05, 3.63) is 60.0 Å². The van der Waals surface area contributed by atoms with Crippen molar-refractivity contribution in [2.75, 3.05) is 18.6 Å². The molecule has 0 bridgehead atoms. The van der Waals surface area contributed by atoms with Crippen molar-refractivity contribution < 1.29 is 23.5 Å². The summed E-state index contributed by atoms with van der Waals surface area (Å²) in [6.45, 7) is 2.37. The Bertz CT molecular complexity index is 1060. The molecule has 0 aliphatic carbocycles. The van der Waals surface area contributed by atoms with E-state index in [0.717, 1.165) is 29.8 Å². The van der Waals surface area contributed by atoms with E-state index in [0.29, 0.717) is 24.4 Å². The van der Waals surface area contributed by atoms with Crippen LogP contribution in [0.1, 0.15) is 48.5 Å². The molecule has 0 N–H and O–H groups in total. The number of methoxy groups -OCH3 is 1. The normalized spacial score (nSPS) is 14.9. The van der Waals surface area contributed by atoms with Gasteiger partial charge in [0.1, 0.15) is 5.75 Å². The van der Waals surface area contributed by atoms with E-state index in [2.05, 4.69) is 10.2 Å². The van der Waals surface area contributed by atoms with Crippen LogP contribution in [0.2, 0.25) is 0 Å². The van der Waals surface area contributed by atoms with E-state index >= 15 is 0 Å². The van der Waals surface area contributed by atoms with Crippen molar-refractivity contribution in [1.29, 1.82) is 0 Å². The van der Waals surface area contributed by atoms with Crippen LogP contribution in [-0.4, -0.2) is 35.7 Å². The summed E-state index contributed by atoms with van der Waals surface area (Å²) in [6.07, 6.45) is 1.75. The van der Waals surface area contributed by atoms with Gasteiger partial charge in [0, 0.05) is 24.2 Å². The maximum atomic E-state index is 12.5. The molecule has 1 fully saturated rings. The van der Waals surface area contributed by atoms with Crippen molar-refractivity contribution in [3.63, 3.8) is 0 Å². The van der Waals surface area contributed by atoms with Gasteiger partial charge in [0.05, 0.1) is 12.7 Å². The summed E-state index contributed by atoms with van der Waals surface area (Å²) in [5, 5.41) is 8.02. The Morgan fingerprint density at radius 2 is 1.81 bits per heavy atom. The van der Waals surface area contributed by atoms with Gasteiger partial charge < -0.3 is 18.8 Å². The molecular formula is C23H23N3O5. The second-order valence-electron chi connectivity index (χ2n) is 7.27. The molecule has 160 valence electrons. The van der Waals surface area contributed by atoms with Crippen LogP contribution in [0.25, 0.3) is 11.5 Å². The van der Waals surface area contributed by atoms with Crippen LogP contribution in [0, 0.1) is 0 Å². The first-order chi connectivity index (χ1) is 15.0. The molecule has 1 saturated heterocycles. The van der Waals surface area contributed by atoms with Crippen molar-refractivity contribution in [1.82, 2.24) is 10.2 Å². The van der Waals surface area contributed by atoms with Crippen LogP contribution in [-0.2, 0) is 9.53 Å². The molecule has 0 spiro atoms. The maximum absolute atomic E-state index is 12.5. The summed E-state index contributed by atoms with van der Waals surface area (Å²) < 4.78 is 16.3. The molecule has 1 aliphatic rings. The Balaban J connectivity index is 1.40. The van der Waals surface area contributed by atoms with Crippen LogP contribution in [0.4, 0.5) is 5.69 Å². The summed E-state index contributed by atoms with van der Waals surface area (Å²) in [6, 6.07) is 14.0. The van der Waals surface area contributed by atoms with Crippen LogP contribution >= 0.6 is 0 Å². The third-order valence-corrected chi connectivity index (χ3v) is 5.15. The highest BCUT2D eigenvalue weighted by molar-refractivity contribution is 5.95. The van der Waals surface area contributed by atoms with Gasteiger partial charge in [-0.3, -0.25) is 4.79 Å². The molecule has 8 nitrogen and oxygen atoms in total. The van der Waals surface area contributed by atoms with Gasteiger partial charge in [-0.1, -0.05) is 0 Å². The molecule has 2 aromatic carbocycles. The summed E-state index contributed by atoms with van der Waals surface area (Å²) in [5.41, 5.74) is 1.91. The number of amides is 1. The van der Waals surface area contributed by atoms with Gasteiger partial charge in [0.15, 0.2) is 6.10 Å². The van der Waals surface area contributed by atoms with Crippen molar-refractivity contribution in [2.45, 2.75) is 32.3 Å². The van der Waals surface area contributed by atoms with Gasteiger partial charge in [-0.25, -0.2) is 4.79 Å². The zero-order chi connectivity index (χ0) is 21.8. The highest BCUT2D eigenvalue weighted by Crippen LogP contribution is 2.26. The van der Waals surface area contributed by atoms with Gasteiger partial charge in [-0.2, -0.15) is 0 Å². The van der Waals surface area contributed by atoms with E-state index in [1.807, 2.05) is 0 Å². The molecule has 8 heteroatoms. The summed E-state index contributed by atoms with van der Waals surface area (Å²) in [7, 11) is 1.59. The summed E-state index contributed by atoms with van der Waals surface area (Å²) in [5.74, 6) is 0.861. The molecule has 2 heterocycles. The summed E-state index contributed by atoms with van der Waals surface area (Å²) in [4.78, 5) is 26.3. The molecule has 1 aliphatic heterocycles. The van der Waals surface area contributed by atoms with Crippen LogP contribution in [0.3, 0.4) is 0 Å². The molecule has 1 aromatic heterocycles. The second kappa shape index (κ2) is 8.99. The number of carbonyl (C=O) groups is 2. The number of hydrogen-bond donors (Lipinski definition) is 0. The predicted molar refractivity (Wildman–Crippen MR) is 113 cm³/mol. The Kier molecular flexibility index (Phi) is 5.97. The highest BCUT2D eigenvalue weighted by atomic mass is 16.6.